The minimum absolute atomic E-state index is 0.212. The fraction of sp³-hybridized carbons (Fsp3) is 0. The number of benzene rings is 1. The predicted octanol–water partition coefficient (Wildman–Crippen LogP) is 3.56. The second-order valence-electron chi connectivity index (χ2n) is 3.56. The Labute approximate surface area is 111 Å². The second kappa shape index (κ2) is 4.55. The van der Waals surface area contributed by atoms with Crippen molar-refractivity contribution in [1.82, 2.24) is 9.97 Å². The van der Waals surface area contributed by atoms with E-state index in [1.165, 1.54) is 29.2 Å². The first-order valence-electron chi connectivity index (χ1n) is 5.17. The van der Waals surface area contributed by atoms with Crippen molar-refractivity contribution < 1.29 is 4.39 Å². The van der Waals surface area contributed by atoms with Crippen molar-refractivity contribution in [2.24, 2.45) is 0 Å². The van der Waals surface area contributed by atoms with E-state index in [-0.39, 0.29) is 11.8 Å². The molecule has 3 aromatic rings. The number of halogens is 1. The number of rotatable bonds is 2. The van der Waals surface area contributed by atoms with E-state index in [1.54, 1.807) is 18.2 Å². The number of aromatic nitrogens is 2. The van der Waals surface area contributed by atoms with Crippen LogP contribution in [0.25, 0.3) is 10.2 Å². The van der Waals surface area contributed by atoms with Gasteiger partial charge in [0, 0.05) is 10.3 Å². The summed E-state index contributed by atoms with van der Waals surface area (Å²) >= 11 is 2.76. The van der Waals surface area contributed by atoms with E-state index in [4.69, 9.17) is 5.73 Å². The van der Waals surface area contributed by atoms with Crippen LogP contribution in [0.5, 0.6) is 0 Å². The molecule has 2 heterocycles. The van der Waals surface area contributed by atoms with Gasteiger partial charge in [-0.25, -0.2) is 14.4 Å². The number of nitrogen functional groups attached to an aromatic ring is 1. The molecule has 0 aliphatic carbocycles. The molecule has 2 aromatic heterocycles. The average Bonchev–Trinajstić information content (AvgIpc) is 2.80. The molecule has 3 nitrogen and oxygen atoms in total. The van der Waals surface area contributed by atoms with Crippen LogP contribution in [-0.4, -0.2) is 9.97 Å². The lowest BCUT2D eigenvalue weighted by molar-refractivity contribution is 0.602. The van der Waals surface area contributed by atoms with Gasteiger partial charge < -0.3 is 5.73 Å². The van der Waals surface area contributed by atoms with Crippen LogP contribution in [-0.2, 0) is 0 Å². The maximum absolute atomic E-state index is 13.6. The highest BCUT2D eigenvalue weighted by Crippen LogP contribution is 2.34. The Balaban J connectivity index is 2.10. The largest absolute Gasteiger partial charge is 0.368 e. The van der Waals surface area contributed by atoms with Crippen LogP contribution in [0.1, 0.15) is 0 Å². The van der Waals surface area contributed by atoms with Gasteiger partial charge in [-0.15, -0.1) is 11.3 Å². The van der Waals surface area contributed by atoms with Gasteiger partial charge in [-0.3, -0.25) is 0 Å². The zero-order chi connectivity index (χ0) is 12.5. The van der Waals surface area contributed by atoms with E-state index >= 15 is 0 Å². The van der Waals surface area contributed by atoms with E-state index in [0.29, 0.717) is 9.92 Å². The first kappa shape index (κ1) is 11.4. The normalized spacial score (nSPS) is 10.9. The van der Waals surface area contributed by atoms with Gasteiger partial charge in [-0.1, -0.05) is 23.9 Å². The third kappa shape index (κ3) is 2.04. The maximum Gasteiger partial charge on any atom is 0.222 e. The first-order valence-corrected chi connectivity index (χ1v) is 6.87. The average molecular weight is 277 g/mol. The summed E-state index contributed by atoms with van der Waals surface area (Å²) in [7, 11) is 0. The molecule has 0 spiro atoms. The van der Waals surface area contributed by atoms with Crippen molar-refractivity contribution in [2.45, 2.75) is 9.92 Å². The lowest BCUT2D eigenvalue weighted by atomic mass is 10.3. The zero-order valence-corrected chi connectivity index (χ0v) is 10.8. The summed E-state index contributed by atoms with van der Waals surface area (Å²) in [5.41, 5.74) is 5.65. The molecule has 2 N–H and O–H groups in total. The van der Waals surface area contributed by atoms with Gasteiger partial charge in [-0.2, -0.15) is 0 Å². The van der Waals surface area contributed by atoms with Crippen LogP contribution < -0.4 is 5.73 Å². The van der Waals surface area contributed by atoms with Crippen LogP contribution in [0, 0.1) is 5.82 Å². The summed E-state index contributed by atoms with van der Waals surface area (Å²) in [5.74, 6) is -0.0492. The fourth-order valence-corrected chi connectivity index (χ4v) is 3.32. The molecule has 0 radical (unpaired) electrons. The van der Waals surface area contributed by atoms with Crippen LogP contribution >= 0.6 is 23.1 Å². The van der Waals surface area contributed by atoms with Gasteiger partial charge >= 0.3 is 0 Å². The molecule has 3 rings (SSSR count). The molecular weight excluding hydrogens is 269 g/mol. The summed E-state index contributed by atoms with van der Waals surface area (Å²) in [6.07, 6.45) is 0. The lowest BCUT2D eigenvalue weighted by Crippen LogP contribution is -1.95. The zero-order valence-electron chi connectivity index (χ0n) is 9.13. The topological polar surface area (TPSA) is 51.8 Å². The Morgan fingerprint density at radius 3 is 2.83 bits per heavy atom. The number of thiophene rings is 1. The smallest absolute Gasteiger partial charge is 0.222 e. The highest BCUT2D eigenvalue weighted by Gasteiger charge is 2.11. The van der Waals surface area contributed by atoms with E-state index < -0.39 is 0 Å². The minimum Gasteiger partial charge on any atom is -0.368 e. The Morgan fingerprint density at radius 1 is 1.17 bits per heavy atom. The monoisotopic (exact) mass is 277 g/mol. The summed E-state index contributed by atoms with van der Waals surface area (Å²) in [4.78, 5) is 9.67. The lowest BCUT2D eigenvalue weighted by Gasteiger charge is -2.04. The molecular formula is C12H8FN3S2. The van der Waals surface area contributed by atoms with E-state index in [2.05, 4.69) is 9.97 Å². The molecule has 90 valence electrons. The van der Waals surface area contributed by atoms with E-state index in [1.807, 2.05) is 11.4 Å². The van der Waals surface area contributed by atoms with Crippen LogP contribution in [0.4, 0.5) is 10.3 Å². The van der Waals surface area contributed by atoms with Crippen molar-refractivity contribution in [3.05, 3.63) is 41.5 Å². The van der Waals surface area contributed by atoms with Gasteiger partial charge in [0.2, 0.25) is 5.95 Å². The molecule has 0 aliphatic heterocycles. The first-order chi connectivity index (χ1) is 8.74. The SMILES string of the molecule is Nc1nc(Sc2ccccc2F)c2ccsc2n1. The number of anilines is 1. The van der Waals surface area contributed by atoms with Crippen LogP contribution in [0.15, 0.2) is 45.6 Å². The van der Waals surface area contributed by atoms with Crippen LogP contribution in [0.3, 0.4) is 0 Å². The third-order valence-corrected chi connectivity index (χ3v) is 4.21. The molecule has 0 amide bonds. The summed E-state index contributed by atoms with van der Waals surface area (Å²) < 4.78 is 13.6. The maximum atomic E-state index is 13.6. The molecule has 0 aliphatic rings. The Bertz CT molecular complexity index is 711. The third-order valence-electron chi connectivity index (χ3n) is 2.35. The van der Waals surface area contributed by atoms with Gasteiger partial charge in [-0.05, 0) is 23.6 Å². The van der Waals surface area contributed by atoms with E-state index in [9.17, 15) is 4.39 Å². The van der Waals surface area contributed by atoms with Gasteiger partial charge in [0.25, 0.3) is 0 Å². The molecule has 0 bridgehead atoms. The van der Waals surface area contributed by atoms with Crippen LogP contribution in [0.2, 0.25) is 0 Å². The molecule has 0 fully saturated rings. The fourth-order valence-electron chi connectivity index (χ4n) is 1.55. The Hall–Kier alpha value is -1.66. The Kier molecular flexibility index (Phi) is 2.89. The number of hydrogen-bond donors (Lipinski definition) is 1. The second-order valence-corrected chi connectivity index (χ2v) is 5.48. The number of nitrogens with zero attached hydrogens (tertiary/aromatic N) is 2. The standard InChI is InChI=1S/C12H8FN3S2/c13-8-3-1-2-4-9(8)18-11-7-5-6-17-10(7)15-12(14)16-11/h1-6H,(H2,14,15,16). The van der Waals surface area contributed by atoms with Gasteiger partial charge in [0.15, 0.2) is 0 Å². The highest BCUT2D eigenvalue weighted by molar-refractivity contribution is 7.99. The van der Waals surface area contributed by atoms with Crippen molar-refractivity contribution >= 4 is 39.3 Å². The van der Waals surface area contributed by atoms with Crippen molar-refractivity contribution in [1.29, 1.82) is 0 Å². The summed E-state index contributed by atoms with van der Waals surface area (Å²) in [6.45, 7) is 0. The van der Waals surface area contributed by atoms with E-state index in [0.717, 1.165) is 10.2 Å². The molecule has 0 saturated heterocycles. The molecule has 0 atom stereocenters. The molecule has 1 aromatic carbocycles. The van der Waals surface area contributed by atoms with Gasteiger partial charge in [0.05, 0.1) is 0 Å². The summed E-state index contributed by atoms with van der Waals surface area (Å²) in [6, 6.07) is 8.52. The quantitative estimate of drug-likeness (QED) is 0.728. The number of hydrogen-bond acceptors (Lipinski definition) is 5. The molecule has 0 saturated carbocycles. The van der Waals surface area contributed by atoms with Crippen molar-refractivity contribution in [3.63, 3.8) is 0 Å². The molecule has 18 heavy (non-hydrogen) atoms. The molecule has 0 unspecified atom stereocenters. The summed E-state index contributed by atoms with van der Waals surface area (Å²) in [5, 5.41) is 3.51. The number of nitrogens with two attached hydrogens (primary N) is 1. The minimum atomic E-state index is -0.261. The predicted molar refractivity (Wildman–Crippen MR) is 72.4 cm³/mol. The van der Waals surface area contributed by atoms with Gasteiger partial charge in [0.1, 0.15) is 15.7 Å². The number of fused-ring (bicyclic) bond motifs is 1. The Morgan fingerprint density at radius 2 is 2.00 bits per heavy atom. The highest BCUT2D eigenvalue weighted by atomic mass is 32.2. The van der Waals surface area contributed by atoms with Crippen molar-refractivity contribution in [2.75, 3.05) is 5.73 Å². The molecule has 6 heteroatoms. The van der Waals surface area contributed by atoms with Crippen molar-refractivity contribution in [3.8, 4) is 0 Å².